The highest BCUT2D eigenvalue weighted by Gasteiger charge is 2.33. The topological polar surface area (TPSA) is 84.4 Å². The Labute approximate surface area is 195 Å². The van der Waals surface area contributed by atoms with E-state index in [1.807, 2.05) is 0 Å². The maximum absolute atomic E-state index is 13.5. The van der Waals surface area contributed by atoms with Gasteiger partial charge in [0, 0.05) is 41.2 Å². The van der Waals surface area contributed by atoms with Gasteiger partial charge in [-0.15, -0.1) is 0 Å². The first-order valence-electron chi connectivity index (χ1n) is 10.4. The molecule has 9 heteroatoms. The van der Waals surface area contributed by atoms with E-state index in [4.69, 9.17) is 5.73 Å². The van der Waals surface area contributed by atoms with Crippen molar-refractivity contribution < 1.29 is 18.1 Å². The molecule has 0 spiro atoms. The Balaban J connectivity index is 1.98. The Morgan fingerprint density at radius 2 is 1.79 bits per heavy atom. The van der Waals surface area contributed by atoms with Gasteiger partial charge >= 0.3 is 6.18 Å². The molecule has 0 amide bonds. The summed E-state index contributed by atoms with van der Waals surface area (Å²) in [6, 6.07) is 16.8. The van der Waals surface area contributed by atoms with Gasteiger partial charge in [0.05, 0.1) is 10.5 Å². The molecule has 178 valence electrons. The van der Waals surface area contributed by atoms with Gasteiger partial charge in [-0.1, -0.05) is 49.0 Å². The number of nitrogens with two attached hydrogens (primary N) is 1. The number of para-hydroxylation sites is 1. The molecule has 0 saturated carbocycles. The average Bonchev–Trinajstić information content (AvgIpc) is 2.77. The summed E-state index contributed by atoms with van der Waals surface area (Å²) in [6.45, 7) is 5.80. The molecule has 0 bridgehead atoms. The monoisotopic (exact) mass is 470 g/mol. The summed E-state index contributed by atoms with van der Waals surface area (Å²) in [4.78, 5) is 12.4. The average molecular weight is 470 g/mol. The van der Waals surface area contributed by atoms with Crippen LogP contribution in [0.5, 0.6) is 0 Å². The van der Waals surface area contributed by atoms with Crippen molar-refractivity contribution in [1.82, 2.24) is 10.2 Å². The first kappa shape index (κ1) is 24.8. The largest absolute Gasteiger partial charge is 0.416 e. The zero-order chi connectivity index (χ0) is 25.0. The third-order valence-electron chi connectivity index (χ3n) is 5.54. The van der Waals surface area contributed by atoms with E-state index in [9.17, 15) is 23.3 Å². The summed E-state index contributed by atoms with van der Waals surface area (Å²) in [5, 5.41) is 14.5. The zero-order valence-corrected chi connectivity index (χ0v) is 18.8. The lowest BCUT2D eigenvalue weighted by Crippen LogP contribution is -2.35. The number of aryl methyl sites for hydroxylation is 1. The Kier molecular flexibility index (Phi) is 7.26. The number of rotatable bonds is 8. The van der Waals surface area contributed by atoms with Crippen LogP contribution in [-0.4, -0.2) is 16.9 Å². The summed E-state index contributed by atoms with van der Waals surface area (Å²) in [6.07, 6.45) is -5.15. The molecule has 0 aliphatic rings. The smallest absolute Gasteiger partial charge is 0.398 e. The van der Waals surface area contributed by atoms with Crippen molar-refractivity contribution in [2.24, 2.45) is 0 Å². The van der Waals surface area contributed by atoms with Crippen molar-refractivity contribution in [1.29, 1.82) is 0 Å². The van der Waals surface area contributed by atoms with E-state index in [0.717, 1.165) is 11.6 Å². The summed E-state index contributed by atoms with van der Waals surface area (Å²) in [7, 11) is 1.67. The molecule has 3 aromatic rings. The van der Waals surface area contributed by atoms with Crippen molar-refractivity contribution in [3.63, 3.8) is 0 Å². The molecule has 34 heavy (non-hydrogen) atoms. The van der Waals surface area contributed by atoms with Crippen LogP contribution in [0.4, 0.5) is 24.5 Å². The van der Waals surface area contributed by atoms with Gasteiger partial charge in [0.1, 0.15) is 6.17 Å². The second-order valence-corrected chi connectivity index (χ2v) is 7.98. The molecular weight excluding hydrogens is 445 g/mol. The Morgan fingerprint density at radius 3 is 2.44 bits per heavy atom. The van der Waals surface area contributed by atoms with Crippen LogP contribution >= 0.6 is 0 Å². The number of alkyl halides is 3. The number of halogens is 3. The molecule has 0 aliphatic carbocycles. The van der Waals surface area contributed by atoms with Gasteiger partial charge in [-0.3, -0.25) is 15.0 Å². The van der Waals surface area contributed by atoms with Crippen molar-refractivity contribution >= 4 is 17.1 Å². The minimum atomic E-state index is -4.49. The van der Waals surface area contributed by atoms with Crippen LogP contribution in [0.3, 0.4) is 0 Å². The molecule has 0 fully saturated rings. The van der Waals surface area contributed by atoms with E-state index in [1.165, 1.54) is 24.3 Å². The van der Waals surface area contributed by atoms with Crippen molar-refractivity contribution in [3.05, 3.63) is 111 Å². The normalized spacial score (nSPS) is 12.4. The Morgan fingerprint density at radius 1 is 1.15 bits per heavy atom. The van der Waals surface area contributed by atoms with Gasteiger partial charge in [-0.2, -0.15) is 13.2 Å². The van der Waals surface area contributed by atoms with Crippen molar-refractivity contribution in [2.75, 3.05) is 12.8 Å². The quantitative estimate of drug-likeness (QED) is 0.185. The lowest BCUT2D eigenvalue weighted by Gasteiger charge is -2.32. The fourth-order valence-electron chi connectivity index (χ4n) is 3.77. The third-order valence-corrected chi connectivity index (χ3v) is 5.54. The summed E-state index contributed by atoms with van der Waals surface area (Å²) < 4.78 is 40.6. The number of nitrogens with zero attached hydrogens (tertiary/aromatic N) is 2. The van der Waals surface area contributed by atoms with E-state index in [-0.39, 0.29) is 17.8 Å². The summed E-state index contributed by atoms with van der Waals surface area (Å²) in [5.41, 5.74) is 8.24. The summed E-state index contributed by atoms with van der Waals surface area (Å²) in [5.74, 6) is 0. The highest BCUT2D eigenvalue weighted by Crippen LogP contribution is 2.34. The Bertz CT molecular complexity index is 1210. The number of hydrogen-bond acceptors (Lipinski definition) is 5. The molecule has 6 nitrogen and oxygen atoms in total. The highest BCUT2D eigenvalue weighted by atomic mass is 19.4. The number of nitrogen functional groups attached to an aromatic ring is 1. The van der Waals surface area contributed by atoms with E-state index >= 15 is 0 Å². The number of nitro benzene ring substituents is 1. The van der Waals surface area contributed by atoms with Crippen molar-refractivity contribution in [3.8, 4) is 0 Å². The maximum atomic E-state index is 13.5. The lowest BCUT2D eigenvalue weighted by atomic mass is 10.0. The van der Waals surface area contributed by atoms with E-state index in [0.29, 0.717) is 22.5 Å². The maximum Gasteiger partial charge on any atom is 0.416 e. The molecule has 1 unspecified atom stereocenters. The molecule has 1 atom stereocenters. The van der Waals surface area contributed by atoms with Crippen LogP contribution in [0.1, 0.15) is 34.0 Å². The van der Waals surface area contributed by atoms with Gasteiger partial charge in [-0.25, -0.2) is 0 Å². The Hall–Kier alpha value is -3.85. The SMILES string of the molecule is C=C(NC(c1ccccc1N)N(C)Cc1ccccc1C(F)(F)F)c1cc([N+](=O)[O-])ccc1C. The predicted molar refractivity (Wildman–Crippen MR) is 127 cm³/mol. The minimum absolute atomic E-state index is 0.0388. The number of nitro groups is 1. The molecule has 0 saturated heterocycles. The second kappa shape index (κ2) is 9.96. The number of non-ortho nitro benzene ring substituents is 1. The first-order valence-corrected chi connectivity index (χ1v) is 10.4. The van der Waals surface area contributed by atoms with Gasteiger partial charge < -0.3 is 11.1 Å². The van der Waals surface area contributed by atoms with Gasteiger partial charge in [0.25, 0.3) is 5.69 Å². The van der Waals surface area contributed by atoms with Crippen LogP contribution in [0, 0.1) is 17.0 Å². The fraction of sp³-hybridized carbons (Fsp3) is 0.200. The van der Waals surface area contributed by atoms with E-state index in [2.05, 4.69) is 11.9 Å². The predicted octanol–water partition coefficient (Wildman–Crippen LogP) is 5.90. The standard InChI is InChI=1S/C25H25F3N4O2/c1-16-12-13-19(32(33)34)14-21(16)17(2)30-24(20-9-5-7-11-23(20)29)31(3)15-18-8-4-6-10-22(18)25(26,27)28/h4-14,24,30H,2,15,29H2,1,3H3. The van der Waals surface area contributed by atoms with Gasteiger partial charge in [0.15, 0.2) is 0 Å². The highest BCUT2D eigenvalue weighted by molar-refractivity contribution is 5.67. The van der Waals surface area contributed by atoms with Gasteiger partial charge in [0.2, 0.25) is 0 Å². The first-order chi connectivity index (χ1) is 16.0. The van der Waals surface area contributed by atoms with Crippen LogP contribution < -0.4 is 11.1 Å². The lowest BCUT2D eigenvalue weighted by molar-refractivity contribution is -0.384. The molecule has 0 heterocycles. The molecule has 0 radical (unpaired) electrons. The van der Waals surface area contributed by atoms with Crippen LogP contribution in [0.15, 0.2) is 73.3 Å². The van der Waals surface area contributed by atoms with Crippen LogP contribution in [0.2, 0.25) is 0 Å². The second-order valence-electron chi connectivity index (χ2n) is 7.98. The molecular formula is C25H25F3N4O2. The van der Waals surface area contributed by atoms with Gasteiger partial charge in [-0.05, 0) is 37.2 Å². The minimum Gasteiger partial charge on any atom is -0.398 e. The number of nitrogens with one attached hydrogen (secondary N) is 1. The number of hydrogen-bond donors (Lipinski definition) is 2. The molecule has 0 aromatic heterocycles. The zero-order valence-electron chi connectivity index (χ0n) is 18.8. The molecule has 3 aromatic carbocycles. The molecule has 3 N–H and O–H groups in total. The van der Waals surface area contributed by atoms with E-state index < -0.39 is 22.8 Å². The number of anilines is 1. The van der Waals surface area contributed by atoms with Crippen LogP contribution in [0.25, 0.3) is 5.70 Å². The van der Waals surface area contributed by atoms with Crippen molar-refractivity contribution in [2.45, 2.75) is 25.8 Å². The third kappa shape index (κ3) is 5.55. The van der Waals surface area contributed by atoms with E-state index in [1.54, 1.807) is 55.3 Å². The summed E-state index contributed by atoms with van der Waals surface area (Å²) >= 11 is 0. The van der Waals surface area contributed by atoms with Crippen LogP contribution in [-0.2, 0) is 12.7 Å². The number of benzene rings is 3. The molecule has 0 aliphatic heterocycles. The fourth-order valence-corrected chi connectivity index (χ4v) is 3.77. The molecule has 3 rings (SSSR count).